The minimum Gasteiger partial charge on any atom is -0.493 e. The van der Waals surface area contributed by atoms with Crippen molar-refractivity contribution in [2.75, 3.05) is 20.0 Å². The third kappa shape index (κ3) is 6.91. The van der Waals surface area contributed by atoms with E-state index in [4.69, 9.17) is 14.6 Å². The zero-order valence-electron chi connectivity index (χ0n) is 25.8. The first kappa shape index (κ1) is 32.0. The van der Waals surface area contributed by atoms with Crippen LogP contribution < -0.4 is 14.8 Å². The SMILES string of the molecule is COc1cccc(C2CC(c3cccs3)=NN2C(=O)CSc2nnc(CNC(=O)c3cccc(C)c3)n2-c2ccc(F)cc2)c1OC. The number of aromatic nitrogens is 3. The van der Waals surface area contributed by atoms with Crippen molar-refractivity contribution < 1.29 is 23.5 Å². The molecular weight excluding hydrogens is 640 g/mol. The van der Waals surface area contributed by atoms with Gasteiger partial charge in [-0.15, -0.1) is 21.5 Å². The Balaban J connectivity index is 1.26. The fourth-order valence-electron chi connectivity index (χ4n) is 5.35. The van der Waals surface area contributed by atoms with E-state index < -0.39 is 11.9 Å². The van der Waals surface area contributed by atoms with Gasteiger partial charge in [-0.05, 0) is 60.8 Å². The molecule has 1 N–H and O–H groups in total. The van der Waals surface area contributed by atoms with Gasteiger partial charge in [-0.3, -0.25) is 14.2 Å². The van der Waals surface area contributed by atoms with Gasteiger partial charge in [-0.1, -0.05) is 47.7 Å². The third-order valence-corrected chi connectivity index (χ3v) is 9.39. The van der Waals surface area contributed by atoms with Gasteiger partial charge in [-0.25, -0.2) is 9.40 Å². The number of amides is 2. The molecule has 0 bridgehead atoms. The predicted octanol–water partition coefficient (Wildman–Crippen LogP) is 6.19. The van der Waals surface area contributed by atoms with E-state index in [1.165, 1.54) is 28.9 Å². The van der Waals surface area contributed by atoms with Gasteiger partial charge in [0.25, 0.3) is 11.8 Å². The normalized spacial score (nSPS) is 14.2. The van der Waals surface area contributed by atoms with E-state index >= 15 is 0 Å². The van der Waals surface area contributed by atoms with Crippen molar-refractivity contribution in [3.05, 3.63) is 117 Å². The molecule has 1 unspecified atom stereocenters. The summed E-state index contributed by atoms with van der Waals surface area (Å²) in [6, 6.07) is 22.2. The molecule has 0 radical (unpaired) electrons. The summed E-state index contributed by atoms with van der Waals surface area (Å²) in [6.07, 6.45) is 0.497. The first-order chi connectivity index (χ1) is 22.9. The van der Waals surface area contributed by atoms with E-state index in [1.807, 2.05) is 54.8 Å². The van der Waals surface area contributed by atoms with Crippen LogP contribution in [0.4, 0.5) is 4.39 Å². The molecule has 1 aliphatic rings. The number of carbonyl (C=O) groups is 2. The lowest BCUT2D eigenvalue weighted by Crippen LogP contribution is -2.29. The van der Waals surface area contributed by atoms with Crippen LogP contribution in [0.15, 0.2) is 94.5 Å². The Labute approximate surface area is 279 Å². The number of carbonyl (C=O) groups excluding carboxylic acids is 2. The number of nitrogens with one attached hydrogen (secondary N) is 1. The molecule has 2 aromatic heterocycles. The quantitative estimate of drug-likeness (QED) is 0.167. The summed E-state index contributed by atoms with van der Waals surface area (Å²) in [4.78, 5) is 27.8. The van der Waals surface area contributed by atoms with E-state index in [-0.39, 0.29) is 24.1 Å². The van der Waals surface area contributed by atoms with Gasteiger partial charge in [-0.2, -0.15) is 5.10 Å². The van der Waals surface area contributed by atoms with Crippen LogP contribution in [0, 0.1) is 12.7 Å². The fourth-order valence-corrected chi connectivity index (χ4v) is 6.89. The van der Waals surface area contributed by atoms with E-state index in [1.54, 1.807) is 54.4 Å². The Kier molecular flexibility index (Phi) is 9.64. The molecule has 0 saturated heterocycles. The van der Waals surface area contributed by atoms with E-state index in [2.05, 4.69) is 15.5 Å². The van der Waals surface area contributed by atoms with Crippen molar-refractivity contribution in [3.8, 4) is 17.2 Å². The summed E-state index contributed by atoms with van der Waals surface area (Å²) in [5, 5.41) is 20.2. The number of nitrogens with zero attached hydrogens (tertiary/aromatic N) is 5. The lowest BCUT2D eigenvalue weighted by Gasteiger charge is -2.24. The van der Waals surface area contributed by atoms with Crippen LogP contribution in [-0.4, -0.2) is 57.3 Å². The van der Waals surface area contributed by atoms with Crippen molar-refractivity contribution in [3.63, 3.8) is 0 Å². The van der Waals surface area contributed by atoms with Crippen LogP contribution in [0.1, 0.15) is 44.6 Å². The largest absolute Gasteiger partial charge is 0.493 e. The summed E-state index contributed by atoms with van der Waals surface area (Å²) in [5.41, 5.74) is 3.65. The van der Waals surface area contributed by atoms with E-state index in [0.717, 1.165) is 21.7 Å². The molecule has 5 aromatic rings. The first-order valence-electron chi connectivity index (χ1n) is 14.7. The molecular formula is C34H31FN6O4S2. The predicted molar refractivity (Wildman–Crippen MR) is 179 cm³/mol. The van der Waals surface area contributed by atoms with Crippen molar-refractivity contribution in [2.45, 2.75) is 31.1 Å². The number of thioether (sulfide) groups is 1. The summed E-state index contributed by atoms with van der Waals surface area (Å²) in [6.45, 7) is 1.97. The highest BCUT2D eigenvalue weighted by atomic mass is 32.2. The molecule has 0 fully saturated rings. The van der Waals surface area contributed by atoms with Crippen LogP contribution in [0.5, 0.6) is 11.5 Å². The Morgan fingerprint density at radius 2 is 1.83 bits per heavy atom. The number of hydrazone groups is 1. The van der Waals surface area contributed by atoms with Crippen LogP contribution in [0.25, 0.3) is 5.69 Å². The van der Waals surface area contributed by atoms with Crippen LogP contribution >= 0.6 is 23.1 Å². The molecule has 240 valence electrons. The van der Waals surface area contributed by atoms with Gasteiger partial charge >= 0.3 is 0 Å². The molecule has 0 saturated carbocycles. The lowest BCUT2D eigenvalue weighted by molar-refractivity contribution is -0.130. The average molecular weight is 671 g/mol. The highest BCUT2D eigenvalue weighted by Gasteiger charge is 2.36. The number of hydrogen-bond donors (Lipinski definition) is 1. The molecule has 10 nitrogen and oxygen atoms in total. The standard InChI is InChI=1S/C34H31FN6O4S2/c1-21-7-4-8-22(17-21)33(43)36-19-30-37-38-34(40(30)24-14-12-23(35)13-15-24)47-20-31(42)41-27(18-26(39-41)29-11-6-16-46-29)25-9-5-10-28(44-2)32(25)45-3/h4-17,27H,18-20H2,1-3H3,(H,36,43). The number of methoxy groups -OCH3 is 2. The Bertz CT molecular complexity index is 1930. The minimum absolute atomic E-state index is 0.0149. The highest BCUT2D eigenvalue weighted by Crippen LogP contribution is 2.42. The average Bonchev–Trinajstić information content (AvgIpc) is 3.86. The monoisotopic (exact) mass is 670 g/mol. The number of hydrogen-bond acceptors (Lipinski definition) is 9. The second-order valence-corrected chi connectivity index (χ2v) is 12.5. The summed E-state index contributed by atoms with van der Waals surface area (Å²) in [7, 11) is 3.14. The van der Waals surface area contributed by atoms with Crippen molar-refractivity contribution in [1.29, 1.82) is 0 Å². The topological polar surface area (TPSA) is 111 Å². The highest BCUT2D eigenvalue weighted by molar-refractivity contribution is 7.99. The number of benzene rings is 3. The Morgan fingerprint density at radius 1 is 1.02 bits per heavy atom. The fraction of sp³-hybridized carbons (Fsp3) is 0.206. The lowest BCUT2D eigenvalue weighted by atomic mass is 9.99. The minimum atomic E-state index is -0.424. The van der Waals surface area contributed by atoms with Gasteiger partial charge in [0.15, 0.2) is 22.5 Å². The maximum Gasteiger partial charge on any atom is 0.253 e. The molecule has 6 rings (SSSR count). The van der Waals surface area contributed by atoms with Crippen LogP contribution in [0.2, 0.25) is 0 Å². The smallest absolute Gasteiger partial charge is 0.253 e. The summed E-state index contributed by atoms with van der Waals surface area (Å²) in [5.74, 6) is 0.600. The van der Waals surface area contributed by atoms with Crippen LogP contribution in [-0.2, 0) is 11.3 Å². The van der Waals surface area contributed by atoms with Crippen LogP contribution in [0.3, 0.4) is 0 Å². The number of halogens is 1. The van der Waals surface area contributed by atoms with Gasteiger partial charge in [0.1, 0.15) is 5.82 Å². The van der Waals surface area contributed by atoms with E-state index in [0.29, 0.717) is 40.2 Å². The maximum atomic E-state index is 13.9. The Morgan fingerprint density at radius 3 is 2.55 bits per heavy atom. The molecule has 2 amide bonds. The summed E-state index contributed by atoms with van der Waals surface area (Å²) < 4.78 is 26.8. The number of ether oxygens (including phenoxy) is 2. The second kappa shape index (κ2) is 14.2. The van der Waals surface area contributed by atoms with Crippen molar-refractivity contribution >= 4 is 40.6 Å². The molecule has 1 aliphatic heterocycles. The van der Waals surface area contributed by atoms with Crippen molar-refractivity contribution in [2.24, 2.45) is 5.10 Å². The van der Waals surface area contributed by atoms with Gasteiger partial charge in [0.05, 0.1) is 43.1 Å². The molecule has 0 aliphatic carbocycles. The molecule has 0 spiro atoms. The first-order valence-corrected chi connectivity index (χ1v) is 16.5. The summed E-state index contributed by atoms with van der Waals surface area (Å²) >= 11 is 2.74. The number of para-hydroxylation sites is 1. The number of aryl methyl sites for hydroxylation is 1. The van der Waals surface area contributed by atoms with E-state index in [9.17, 15) is 14.0 Å². The van der Waals surface area contributed by atoms with Gasteiger partial charge in [0, 0.05) is 23.2 Å². The van der Waals surface area contributed by atoms with Gasteiger partial charge in [0.2, 0.25) is 0 Å². The zero-order chi connectivity index (χ0) is 32.9. The number of rotatable bonds is 11. The third-order valence-electron chi connectivity index (χ3n) is 7.56. The Hall–Kier alpha value is -5.01. The molecule has 3 heterocycles. The van der Waals surface area contributed by atoms with Gasteiger partial charge < -0.3 is 14.8 Å². The number of thiophene rings is 1. The molecule has 3 aromatic carbocycles. The van der Waals surface area contributed by atoms with Crippen molar-refractivity contribution in [1.82, 2.24) is 25.1 Å². The zero-order valence-corrected chi connectivity index (χ0v) is 27.5. The molecule has 1 atom stereocenters. The molecule has 13 heteroatoms. The maximum absolute atomic E-state index is 13.9. The molecule has 47 heavy (non-hydrogen) atoms. The second-order valence-electron chi connectivity index (χ2n) is 10.6.